The number of aromatic nitrogens is 2. The normalized spacial score (nSPS) is 17.7. The molecule has 7 heteroatoms. The first-order valence-electron chi connectivity index (χ1n) is 7.25. The second kappa shape index (κ2) is 7.24. The molecule has 1 aromatic rings. The first-order chi connectivity index (χ1) is 10.1. The molecule has 1 aliphatic heterocycles. The van der Waals surface area contributed by atoms with Gasteiger partial charge in [0, 0.05) is 13.7 Å². The van der Waals surface area contributed by atoms with Gasteiger partial charge < -0.3 is 15.4 Å². The van der Waals surface area contributed by atoms with E-state index in [2.05, 4.69) is 22.7 Å². The van der Waals surface area contributed by atoms with E-state index in [4.69, 9.17) is 16.3 Å². The number of hydrogen-bond acceptors (Lipinski definition) is 5. The van der Waals surface area contributed by atoms with Crippen molar-refractivity contribution >= 4 is 17.3 Å². The maximum Gasteiger partial charge on any atom is 0.287 e. The Morgan fingerprint density at radius 3 is 2.90 bits per heavy atom. The van der Waals surface area contributed by atoms with Crippen LogP contribution in [-0.2, 0) is 11.3 Å². The highest BCUT2D eigenvalue weighted by Crippen LogP contribution is 2.28. The minimum absolute atomic E-state index is 0.193. The Kier molecular flexibility index (Phi) is 5.61. The molecule has 0 aromatic carbocycles. The molecule has 2 N–H and O–H groups in total. The van der Waals surface area contributed by atoms with Gasteiger partial charge in [-0.3, -0.25) is 4.79 Å². The standard InChI is InChI=1S/C14H23ClN4O2/c1-14(3-5-16-6-4-14)10-17-11-9-18-19(7-8-21-2)13(20)12(11)15/h9,16-17H,3-8,10H2,1-2H3. The van der Waals surface area contributed by atoms with E-state index < -0.39 is 0 Å². The van der Waals surface area contributed by atoms with Crippen LogP contribution in [0.15, 0.2) is 11.0 Å². The van der Waals surface area contributed by atoms with Crippen molar-refractivity contribution in [2.75, 3.05) is 38.7 Å². The Labute approximate surface area is 129 Å². The Morgan fingerprint density at radius 1 is 1.52 bits per heavy atom. The molecule has 118 valence electrons. The van der Waals surface area contributed by atoms with E-state index in [1.807, 2.05) is 0 Å². The van der Waals surface area contributed by atoms with Gasteiger partial charge in [-0.25, -0.2) is 4.68 Å². The second-order valence-electron chi connectivity index (χ2n) is 5.81. The maximum atomic E-state index is 12.1. The zero-order valence-corrected chi connectivity index (χ0v) is 13.4. The lowest BCUT2D eigenvalue weighted by molar-refractivity contribution is 0.182. The quantitative estimate of drug-likeness (QED) is 0.829. The summed E-state index contributed by atoms with van der Waals surface area (Å²) >= 11 is 6.15. The fourth-order valence-corrected chi connectivity index (χ4v) is 2.65. The Bertz CT molecular complexity index is 526. The van der Waals surface area contributed by atoms with Gasteiger partial charge in [0.25, 0.3) is 5.56 Å². The molecule has 1 aromatic heterocycles. The van der Waals surface area contributed by atoms with Gasteiger partial charge in [0.05, 0.1) is 25.0 Å². The lowest BCUT2D eigenvalue weighted by Crippen LogP contribution is -2.39. The summed E-state index contributed by atoms with van der Waals surface area (Å²) in [6, 6.07) is 0. The van der Waals surface area contributed by atoms with Crippen molar-refractivity contribution in [1.29, 1.82) is 0 Å². The third kappa shape index (κ3) is 4.18. The van der Waals surface area contributed by atoms with E-state index in [1.54, 1.807) is 13.3 Å². The first kappa shape index (κ1) is 16.3. The van der Waals surface area contributed by atoms with Crippen molar-refractivity contribution in [1.82, 2.24) is 15.1 Å². The number of methoxy groups -OCH3 is 1. The van der Waals surface area contributed by atoms with Crippen LogP contribution in [-0.4, -0.2) is 43.1 Å². The van der Waals surface area contributed by atoms with Crippen LogP contribution >= 0.6 is 11.6 Å². The molecule has 0 radical (unpaired) electrons. The van der Waals surface area contributed by atoms with Crippen molar-refractivity contribution < 1.29 is 4.74 Å². The molecule has 0 bridgehead atoms. The zero-order chi connectivity index (χ0) is 15.3. The van der Waals surface area contributed by atoms with Crippen molar-refractivity contribution in [3.63, 3.8) is 0 Å². The summed E-state index contributed by atoms with van der Waals surface area (Å²) in [4.78, 5) is 12.1. The van der Waals surface area contributed by atoms with Gasteiger partial charge in [-0.2, -0.15) is 5.10 Å². The monoisotopic (exact) mass is 314 g/mol. The Balaban J connectivity index is 2.03. The lowest BCUT2D eigenvalue weighted by Gasteiger charge is -2.34. The molecule has 6 nitrogen and oxygen atoms in total. The highest BCUT2D eigenvalue weighted by atomic mass is 35.5. The van der Waals surface area contributed by atoms with E-state index in [0.29, 0.717) is 18.8 Å². The number of rotatable bonds is 6. The van der Waals surface area contributed by atoms with Gasteiger partial charge in [-0.15, -0.1) is 0 Å². The predicted molar refractivity (Wildman–Crippen MR) is 84.1 cm³/mol. The highest BCUT2D eigenvalue weighted by Gasteiger charge is 2.26. The molecule has 1 aliphatic rings. The average molecular weight is 315 g/mol. The molecule has 0 spiro atoms. The van der Waals surface area contributed by atoms with Gasteiger partial charge in [0.2, 0.25) is 0 Å². The van der Waals surface area contributed by atoms with Crippen LogP contribution in [0.3, 0.4) is 0 Å². The van der Waals surface area contributed by atoms with Gasteiger partial charge in [0.15, 0.2) is 0 Å². The largest absolute Gasteiger partial charge is 0.383 e. The summed E-state index contributed by atoms with van der Waals surface area (Å²) in [5.41, 5.74) is 0.545. The van der Waals surface area contributed by atoms with E-state index in [-0.39, 0.29) is 16.0 Å². The molecule has 0 amide bonds. The average Bonchev–Trinajstić information content (AvgIpc) is 2.48. The number of piperidine rings is 1. The maximum absolute atomic E-state index is 12.1. The molecule has 0 aliphatic carbocycles. The number of ether oxygens (including phenoxy) is 1. The number of nitrogens with zero attached hydrogens (tertiary/aromatic N) is 2. The predicted octanol–water partition coefficient (Wildman–Crippen LogP) is 1.34. The molecule has 0 unspecified atom stereocenters. The number of anilines is 1. The van der Waals surface area contributed by atoms with Crippen LogP contribution in [0.25, 0.3) is 0 Å². The van der Waals surface area contributed by atoms with E-state index >= 15 is 0 Å². The molecule has 1 saturated heterocycles. The van der Waals surface area contributed by atoms with E-state index in [1.165, 1.54) is 4.68 Å². The minimum Gasteiger partial charge on any atom is -0.383 e. The van der Waals surface area contributed by atoms with Crippen LogP contribution in [0.2, 0.25) is 5.02 Å². The minimum atomic E-state index is -0.283. The van der Waals surface area contributed by atoms with Crippen molar-refractivity contribution in [2.45, 2.75) is 26.3 Å². The number of nitrogens with one attached hydrogen (secondary N) is 2. The third-order valence-corrected chi connectivity index (χ3v) is 4.37. The number of hydrogen-bond donors (Lipinski definition) is 2. The molecular formula is C14H23ClN4O2. The molecule has 2 heterocycles. The summed E-state index contributed by atoms with van der Waals surface area (Å²) in [6.45, 7) is 5.94. The van der Waals surface area contributed by atoms with Crippen LogP contribution in [0.1, 0.15) is 19.8 Å². The molecule has 21 heavy (non-hydrogen) atoms. The van der Waals surface area contributed by atoms with Crippen LogP contribution in [0.4, 0.5) is 5.69 Å². The van der Waals surface area contributed by atoms with Gasteiger partial charge >= 0.3 is 0 Å². The van der Waals surface area contributed by atoms with Gasteiger partial charge in [0.1, 0.15) is 5.02 Å². The Hall–Kier alpha value is -1.11. The molecule has 1 fully saturated rings. The zero-order valence-electron chi connectivity index (χ0n) is 12.6. The van der Waals surface area contributed by atoms with Crippen LogP contribution in [0, 0.1) is 5.41 Å². The smallest absolute Gasteiger partial charge is 0.287 e. The fourth-order valence-electron chi connectivity index (χ4n) is 2.44. The second-order valence-corrected chi connectivity index (χ2v) is 6.19. The highest BCUT2D eigenvalue weighted by molar-refractivity contribution is 6.32. The molecule has 2 rings (SSSR count). The SMILES string of the molecule is COCCn1ncc(NCC2(C)CCNCC2)c(Cl)c1=O. The molecular weight excluding hydrogens is 292 g/mol. The summed E-state index contributed by atoms with van der Waals surface area (Å²) in [7, 11) is 1.59. The first-order valence-corrected chi connectivity index (χ1v) is 7.63. The summed E-state index contributed by atoms with van der Waals surface area (Å²) < 4.78 is 6.27. The summed E-state index contributed by atoms with van der Waals surface area (Å²) in [6.07, 6.45) is 3.83. The van der Waals surface area contributed by atoms with E-state index in [9.17, 15) is 4.79 Å². The van der Waals surface area contributed by atoms with Crippen LogP contribution in [0.5, 0.6) is 0 Å². The molecule has 0 atom stereocenters. The summed E-state index contributed by atoms with van der Waals surface area (Å²) in [5.74, 6) is 0. The fraction of sp³-hybridized carbons (Fsp3) is 0.714. The molecule has 0 saturated carbocycles. The lowest BCUT2D eigenvalue weighted by atomic mass is 9.81. The van der Waals surface area contributed by atoms with Crippen molar-refractivity contribution in [3.05, 3.63) is 21.6 Å². The number of halogens is 1. The Morgan fingerprint density at radius 2 is 2.24 bits per heavy atom. The van der Waals surface area contributed by atoms with Gasteiger partial charge in [-0.1, -0.05) is 18.5 Å². The third-order valence-electron chi connectivity index (χ3n) is 4.01. The summed E-state index contributed by atoms with van der Waals surface area (Å²) in [5, 5.41) is 11.0. The van der Waals surface area contributed by atoms with Crippen LogP contribution < -0.4 is 16.2 Å². The van der Waals surface area contributed by atoms with Crippen molar-refractivity contribution in [2.24, 2.45) is 5.41 Å². The van der Waals surface area contributed by atoms with E-state index in [0.717, 1.165) is 32.5 Å². The van der Waals surface area contributed by atoms with Crippen molar-refractivity contribution in [3.8, 4) is 0 Å². The topological polar surface area (TPSA) is 68.2 Å². The van der Waals surface area contributed by atoms with Gasteiger partial charge in [-0.05, 0) is 31.3 Å².